The molecule has 0 aliphatic carbocycles. The number of hydrazone groups is 1. The summed E-state index contributed by atoms with van der Waals surface area (Å²) in [6.45, 7) is 1.99. The van der Waals surface area contributed by atoms with Crippen molar-refractivity contribution in [1.82, 2.24) is 5.01 Å². The van der Waals surface area contributed by atoms with Crippen LogP contribution in [0.3, 0.4) is 0 Å². The van der Waals surface area contributed by atoms with Gasteiger partial charge in [-0.2, -0.15) is 10.1 Å². The molecule has 176 valence electrons. The maximum Gasteiger partial charge on any atom is 0.262 e. The van der Waals surface area contributed by atoms with Crippen LogP contribution in [-0.2, 0) is 9.59 Å². The molecule has 2 amide bonds. The van der Waals surface area contributed by atoms with Crippen molar-refractivity contribution >= 4 is 51.7 Å². The van der Waals surface area contributed by atoms with Crippen molar-refractivity contribution in [3.05, 3.63) is 101 Å². The Kier molecular flexibility index (Phi) is 6.70. The van der Waals surface area contributed by atoms with E-state index in [9.17, 15) is 9.59 Å². The van der Waals surface area contributed by atoms with Crippen molar-refractivity contribution in [3.63, 3.8) is 0 Å². The van der Waals surface area contributed by atoms with E-state index in [0.29, 0.717) is 22.3 Å². The van der Waals surface area contributed by atoms with E-state index in [1.54, 1.807) is 0 Å². The van der Waals surface area contributed by atoms with Crippen LogP contribution in [0.1, 0.15) is 35.6 Å². The minimum absolute atomic E-state index is 0.0436. The van der Waals surface area contributed by atoms with Crippen molar-refractivity contribution in [2.75, 3.05) is 5.32 Å². The van der Waals surface area contributed by atoms with Gasteiger partial charge in [0, 0.05) is 23.6 Å². The summed E-state index contributed by atoms with van der Waals surface area (Å²) in [6, 6.07) is 25.1. The topological polar surface area (TPSA) is 74.1 Å². The predicted molar refractivity (Wildman–Crippen MR) is 142 cm³/mol. The van der Waals surface area contributed by atoms with Crippen molar-refractivity contribution in [3.8, 4) is 0 Å². The smallest absolute Gasteiger partial charge is 0.262 e. The van der Waals surface area contributed by atoms with Crippen LogP contribution in [0.2, 0.25) is 5.02 Å². The molecule has 3 aromatic rings. The number of carbonyl (C=O) groups is 2. The summed E-state index contributed by atoms with van der Waals surface area (Å²) in [7, 11) is 0. The number of thioether (sulfide) groups is 1. The molecule has 3 aromatic carbocycles. The van der Waals surface area contributed by atoms with Gasteiger partial charge in [-0.05, 0) is 42.3 Å². The highest BCUT2D eigenvalue weighted by Gasteiger charge is 2.39. The molecule has 0 unspecified atom stereocenters. The quantitative estimate of drug-likeness (QED) is 0.476. The molecule has 0 saturated carbocycles. The molecule has 5 rings (SSSR count). The number of rotatable bonds is 5. The molecule has 0 radical (unpaired) electrons. The Bertz CT molecular complexity index is 1310. The molecule has 0 saturated heterocycles. The Hall–Kier alpha value is -3.42. The first kappa shape index (κ1) is 23.3. The molecule has 0 spiro atoms. The summed E-state index contributed by atoms with van der Waals surface area (Å²) in [6.07, 6.45) is 0.708. The molecule has 8 heteroatoms. The Morgan fingerprint density at radius 1 is 1.06 bits per heavy atom. The zero-order chi connectivity index (χ0) is 24.4. The lowest BCUT2D eigenvalue weighted by Gasteiger charge is -2.23. The number of aliphatic imine (C=N–C) groups is 1. The second kappa shape index (κ2) is 10.1. The largest absolute Gasteiger partial charge is 0.326 e. The lowest BCUT2D eigenvalue weighted by Crippen LogP contribution is -2.25. The summed E-state index contributed by atoms with van der Waals surface area (Å²) in [5.74, 6) is -0.534. The zero-order valence-corrected chi connectivity index (χ0v) is 20.6. The predicted octanol–water partition coefficient (Wildman–Crippen LogP) is 5.83. The number of hydrogen-bond donors (Lipinski definition) is 1. The Balaban J connectivity index is 1.33. The second-order valence-corrected chi connectivity index (χ2v) is 10.1. The maximum atomic E-state index is 12.7. The van der Waals surface area contributed by atoms with Crippen LogP contribution in [0.25, 0.3) is 0 Å². The van der Waals surface area contributed by atoms with Gasteiger partial charge in [-0.1, -0.05) is 83.5 Å². The summed E-state index contributed by atoms with van der Waals surface area (Å²) in [5.41, 5.74) is 4.77. The fourth-order valence-corrected chi connectivity index (χ4v) is 5.25. The molecule has 1 N–H and O–H groups in total. The number of halogens is 1. The molecule has 2 heterocycles. The normalized spacial score (nSPS) is 19.5. The third kappa shape index (κ3) is 5.31. The molecule has 35 heavy (non-hydrogen) atoms. The summed E-state index contributed by atoms with van der Waals surface area (Å²) in [4.78, 5) is 29.6. The molecule has 2 aliphatic rings. The van der Waals surface area contributed by atoms with Crippen molar-refractivity contribution in [2.45, 2.75) is 31.1 Å². The Morgan fingerprint density at radius 3 is 2.49 bits per heavy atom. The number of amidine groups is 1. The van der Waals surface area contributed by atoms with E-state index >= 15 is 0 Å². The van der Waals surface area contributed by atoms with Crippen LogP contribution in [0.4, 0.5) is 5.69 Å². The third-order valence-electron chi connectivity index (χ3n) is 5.90. The Morgan fingerprint density at radius 2 is 1.77 bits per heavy atom. The van der Waals surface area contributed by atoms with Gasteiger partial charge < -0.3 is 5.32 Å². The summed E-state index contributed by atoms with van der Waals surface area (Å²) >= 11 is 7.36. The maximum absolute atomic E-state index is 12.7. The molecule has 2 atom stereocenters. The molecule has 0 aromatic heterocycles. The van der Waals surface area contributed by atoms with Gasteiger partial charge in [0.1, 0.15) is 5.25 Å². The van der Waals surface area contributed by atoms with Gasteiger partial charge in [0.15, 0.2) is 5.17 Å². The van der Waals surface area contributed by atoms with E-state index in [-0.39, 0.29) is 24.3 Å². The van der Waals surface area contributed by atoms with Crippen molar-refractivity contribution < 1.29 is 9.59 Å². The van der Waals surface area contributed by atoms with Gasteiger partial charge in [0.25, 0.3) is 5.91 Å². The summed E-state index contributed by atoms with van der Waals surface area (Å²) < 4.78 is 0. The van der Waals surface area contributed by atoms with Crippen LogP contribution in [-0.4, -0.2) is 33.0 Å². The minimum atomic E-state index is -0.582. The lowest BCUT2D eigenvalue weighted by molar-refractivity contribution is -0.121. The standard InChI is InChI=1S/C27H23ClN4O2S/c1-17-7-13-21(14-8-17)29-25(33)16-24-26(34)30-27(35-24)32-23(19-5-3-2-4-6-19)15-22(31-32)18-9-11-20(28)12-10-18/h2-14,23-24H,15-16H2,1H3,(H,29,33)/t23-,24+/m1/s1. The fourth-order valence-electron chi connectivity index (χ4n) is 4.06. The first-order valence-electron chi connectivity index (χ1n) is 11.3. The van der Waals surface area contributed by atoms with Crippen LogP contribution in [0.15, 0.2) is 89.0 Å². The average Bonchev–Trinajstić information content (AvgIpc) is 3.46. The van der Waals surface area contributed by atoms with E-state index in [1.807, 2.05) is 90.8 Å². The molecule has 2 aliphatic heterocycles. The van der Waals surface area contributed by atoms with Crippen molar-refractivity contribution in [2.24, 2.45) is 10.1 Å². The molecular formula is C27H23ClN4O2S. The van der Waals surface area contributed by atoms with E-state index in [4.69, 9.17) is 16.7 Å². The van der Waals surface area contributed by atoms with Gasteiger partial charge in [0.05, 0.1) is 11.8 Å². The zero-order valence-electron chi connectivity index (χ0n) is 19.0. The third-order valence-corrected chi connectivity index (χ3v) is 7.30. The monoisotopic (exact) mass is 502 g/mol. The summed E-state index contributed by atoms with van der Waals surface area (Å²) in [5, 5.41) is 10.1. The van der Waals surface area contributed by atoms with Gasteiger partial charge >= 0.3 is 0 Å². The Labute approximate surface area is 213 Å². The first-order chi connectivity index (χ1) is 17.0. The van der Waals surface area contributed by atoms with Crippen LogP contribution in [0.5, 0.6) is 0 Å². The molecular weight excluding hydrogens is 480 g/mol. The first-order valence-corrected chi connectivity index (χ1v) is 12.6. The number of nitrogens with one attached hydrogen (secondary N) is 1. The SMILES string of the molecule is Cc1ccc(NC(=O)C[C@@H]2SC(N3N=C(c4ccc(Cl)cc4)C[C@@H]3c3ccccc3)=NC2=O)cc1. The number of nitrogens with zero attached hydrogens (tertiary/aromatic N) is 3. The lowest BCUT2D eigenvalue weighted by atomic mass is 9.99. The highest BCUT2D eigenvalue weighted by atomic mass is 35.5. The van der Waals surface area contributed by atoms with Gasteiger partial charge in [-0.25, -0.2) is 5.01 Å². The highest BCUT2D eigenvalue weighted by Crippen LogP contribution is 2.38. The fraction of sp³-hybridized carbons (Fsp3) is 0.185. The number of carbonyl (C=O) groups excluding carboxylic acids is 2. The van der Waals surface area contributed by atoms with E-state index in [1.165, 1.54) is 11.8 Å². The minimum Gasteiger partial charge on any atom is -0.326 e. The van der Waals surface area contributed by atoms with E-state index in [2.05, 4.69) is 10.3 Å². The van der Waals surface area contributed by atoms with Gasteiger partial charge in [-0.15, -0.1) is 0 Å². The molecule has 0 bridgehead atoms. The number of benzene rings is 3. The van der Waals surface area contributed by atoms with E-state index < -0.39 is 5.25 Å². The second-order valence-electron chi connectivity index (χ2n) is 8.49. The van der Waals surface area contributed by atoms with Crippen LogP contribution in [0, 0.1) is 6.92 Å². The van der Waals surface area contributed by atoms with Crippen LogP contribution < -0.4 is 5.32 Å². The highest BCUT2D eigenvalue weighted by molar-refractivity contribution is 8.15. The van der Waals surface area contributed by atoms with Gasteiger partial charge in [-0.3, -0.25) is 9.59 Å². The number of hydrogen-bond acceptors (Lipinski definition) is 5. The number of amides is 2. The number of aryl methyl sites for hydroxylation is 1. The van der Waals surface area contributed by atoms with Gasteiger partial charge in [0.2, 0.25) is 5.91 Å². The van der Waals surface area contributed by atoms with Crippen molar-refractivity contribution in [1.29, 1.82) is 0 Å². The number of anilines is 1. The molecule has 6 nitrogen and oxygen atoms in total. The van der Waals surface area contributed by atoms with E-state index in [0.717, 1.165) is 22.4 Å². The average molecular weight is 503 g/mol. The molecule has 0 fully saturated rings. The van der Waals surface area contributed by atoms with Crippen LogP contribution >= 0.6 is 23.4 Å².